The molecule has 0 aliphatic heterocycles. The summed E-state index contributed by atoms with van der Waals surface area (Å²) in [6, 6.07) is 1.74. The van der Waals surface area contributed by atoms with Crippen LogP contribution in [0, 0.1) is 0 Å². The van der Waals surface area contributed by atoms with Gasteiger partial charge in [-0.05, 0) is 12.8 Å². The Morgan fingerprint density at radius 2 is 2.33 bits per heavy atom. The molecular formula is C10H15N3O2. The van der Waals surface area contributed by atoms with Crippen molar-refractivity contribution in [1.82, 2.24) is 9.97 Å². The predicted octanol–water partition coefficient (Wildman–Crippen LogP) is 0.767. The first-order valence-electron chi connectivity index (χ1n) is 5.14. The number of nitrogens with zero attached hydrogens (tertiary/aromatic N) is 2. The van der Waals surface area contributed by atoms with Crippen molar-refractivity contribution in [1.29, 1.82) is 0 Å². The third-order valence-electron chi connectivity index (χ3n) is 2.26. The topological polar surface area (TPSA) is 67.3 Å². The molecule has 5 nitrogen and oxygen atoms in total. The van der Waals surface area contributed by atoms with Gasteiger partial charge < -0.3 is 15.2 Å². The van der Waals surface area contributed by atoms with Crippen LogP contribution in [0.15, 0.2) is 6.07 Å². The van der Waals surface area contributed by atoms with Crippen LogP contribution in [0.25, 0.3) is 0 Å². The van der Waals surface area contributed by atoms with Gasteiger partial charge in [0.15, 0.2) is 0 Å². The maximum absolute atomic E-state index is 8.66. The lowest BCUT2D eigenvalue weighted by Gasteiger charge is -2.07. The zero-order valence-corrected chi connectivity index (χ0v) is 8.73. The Labute approximate surface area is 88.5 Å². The maximum Gasteiger partial charge on any atom is 0.218 e. The molecule has 0 atom stereocenters. The van der Waals surface area contributed by atoms with Gasteiger partial charge in [-0.15, -0.1) is 0 Å². The number of aliphatic hydroxyl groups is 1. The van der Waals surface area contributed by atoms with E-state index in [2.05, 4.69) is 15.3 Å². The molecule has 1 aliphatic carbocycles. The average Bonchev–Trinajstić information content (AvgIpc) is 3.09. The molecule has 2 rings (SSSR count). The van der Waals surface area contributed by atoms with Crippen LogP contribution >= 0.6 is 0 Å². The number of aromatic nitrogens is 2. The Morgan fingerprint density at radius 3 is 2.93 bits per heavy atom. The lowest BCUT2D eigenvalue weighted by molar-refractivity contribution is 0.196. The first kappa shape index (κ1) is 10.2. The molecule has 5 heteroatoms. The zero-order chi connectivity index (χ0) is 10.7. The molecule has 82 valence electrons. The second-order valence-corrected chi connectivity index (χ2v) is 3.55. The number of nitrogens with one attached hydrogen (secondary N) is 1. The fourth-order valence-corrected chi connectivity index (χ4v) is 1.32. The molecule has 0 bridgehead atoms. The van der Waals surface area contributed by atoms with Crippen molar-refractivity contribution >= 4 is 5.82 Å². The largest absolute Gasteiger partial charge is 0.475 e. The highest BCUT2D eigenvalue weighted by molar-refractivity contribution is 5.38. The molecule has 1 aliphatic rings. The highest BCUT2D eigenvalue weighted by Crippen LogP contribution is 2.38. The standard InChI is InChI=1S/C10H15N3O2/c1-11-8-6-9(15-5-4-14)13-10(12-8)7-2-3-7/h6-7,14H,2-5H2,1H3,(H,11,12,13). The summed E-state index contributed by atoms with van der Waals surface area (Å²) in [5.74, 6) is 2.63. The van der Waals surface area contributed by atoms with Crippen LogP contribution in [0.1, 0.15) is 24.6 Å². The summed E-state index contributed by atoms with van der Waals surface area (Å²) in [6.07, 6.45) is 2.32. The van der Waals surface area contributed by atoms with Crippen LogP contribution in [-0.2, 0) is 0 Å². The second-order valence-electron chi connectivity index (χ2n) is 3.55. The summed E-state index contributed by atoms with van der Waals surface area (Å²) in [6.45, 7) is 0.266. The monoisotopic (exact) mass is 209 g/mol. The Kier molecular flexibility index (Phi) is 3.01. The SMILES string of the molecule is CNc1cc(OCCO)nc(C2CC2)n1. The quantitative estimate of drug-likeness (QED) is 0.749. The third-order valence-corrected chi connectivity index (χ3v) is 2.26. The lowest BCUT2D eigenvalue weighted by Crippen LogP contribution is -2.06. The highest BCUT2D eigenvalue weighted by Gasteiger charge is 2.27. The summed E-state index contributed by atoms with van der Waals surface area (Å²) >= 11 is 0. The summed E-state index contributed by atoms with van der Waals surface area (Å²) < 4.78 is 5.28. The fourth-order valence-electron chi connectivity index (χ4n) is 1.32. The van der Waals surface area contributed by atoms with E-state index in [4.69, 9.17) is 9.84 Å². The number of hydrogen-bond acceptors (Lipinski definition) is 5. The molecular weight excluding hydrogens is 194 g/mol. The summed E-state index contributed by atoms with van der Waals surface area (Å²) in [7, 11) is 1.81. The van der Waals surface area contributed by atoms with Crippen LogP contribution < -0.4 is 10.1 Å². The van der Waals surface area contributed by atoms with Gasteiger partial charge in [0.2, 0.25) is 5.88 Å². The van der Waals surface area contributed by atoms with Crippen molar-refractivity contribution in [3.05, 3.63) is 11.9 Å². The van der Waals surface area contributed by atoms with Gasteiger partial charge in [0.1, 0.15) is 18.2 Å². The predicted molar refractivity (Wildman–Crippen MR) is 56.1 cm³/mol. The first-order valence-corrected chi connectivity index (χ1v) is 5.14. The van der Waals surface area contributed by atoms with Crippen molar-refractivity contribution in [3.63, 3.8) is 0 Å². The minimum atomic E-state index is -0.00233. The van der Waals surface area contributed by atoms with Gasteiger partial charge in [-0.25, -0.2) is 4.98 Å². The van der Waals surface area contributed by atoms with E-state index in [1.54, 1.807) is 6.07 Å². The minimum absolute atomic E-state index is 0.00233. The number of anilines is 1. The van der Waals surface area contributed by atoms with Gasteiger partial charge in [-0.2, -0.15) is 4.98 Å². The van der Waals surface area contributed by atoms with Crippen molar-refractivity contribution < 1.29 is 9.84 Å². The molecule has 1 aromatic heterocycles. The molecule has 1 fully saturated rings. The molecule has 0 spiro atoms. The number of hydrogen-bond donors (Lipinski definition) is 2. The Balaban J connectivity index is 2.16. The molecule has 1 heterocycles. The number of aliphatic hydroxyl groups excluding tert-OH is 1. The molecule has 1 saturated carbocycles. The van der Waals surface area contributed by atoms with Gasteiger partial charge in [0.05, 0.1) is 6.61 Å². The molecule has 2 N–H and O–H groups in total. The lowest BCUT2D eigenvalue weighted by atomic mass is 10.4. The molecule has 1 aromatic rings. The zero-order valence-electron chi connectivity index (χ0n) is 8.73. The Hall–Kier alpha value is -1.36. The average molecular weight is 209 g/mol. The van der Waals surface area contributed by atoms with Crippen LogP contribution in [0.4, 0.5) is 5.82 Å². The van der Waals surface area contributed by atoms with Gasteiger partial charge in [0.25, 0.3) is 0 Å². The van der Waals surface area contributed by atoms with Crippen molar-refractivity contribution in [2.24, 2.45) is 0 Å². The van der Waals surface area contributed by atoms with E-state index < -0.39 is 0 Å². The van der Waals surface area contributed by atoms with Crippen molar-refractivity contribution in [2.75, 3.05) is 25.6 Å². The summed E-state index contributed by atoms with van der Waals surface area (Å²) in [5.41, 5.74) is 0. The van der Waals surface area contributed by atoms with Crippen LogP contribution in [0.3, 0.4) is 0 Å². The molecule has 0 aromatic carbocycles. The molecule has 0 unspecified atom stereocenters. The minimum Gasteiger partial charge on any atom is -0.475 e. The van der Waals surface area contributed by atoms with E-state index in [1.807, 2.05) is 7.05 Å². The maximum atomic E-state index is 8.66. The normalized spacial score (nSPS) is 15.1. The van der Waals surface area contributed by atoms with E-state index >= 15 is 0 Å². The number of rotatable bonds is 5. The molecule has 0 radical (unpaired) electrons. The van der Waals surface area contributed by atoms with E-state index in [9.17, 15) is 0 Å². The van der Waals surface area contributed by atoms with Crippen LogP contribution in [0.5, 0.6) is 5.88 Å². The smallest absolute Gasteiger partial charge is 0.218 e. The Bertz CT molecular complexity index is 339. The first-order chi connectivity index (χ1) is 7.33. The van der Waals surface area contributed by atoms with Gasteiger partial charge in [0, 0.05) is 19.0 Å². The molecule has 0 saturated heterocycles. The van der Waals surface area contributed by atoms with E-state index in [-0.39, 0.29) is 13.2 Å². The number of ether oxygens (including phenoxy) is 1. The van der Waals surface area contributed by atoms with E-state index in [0.717, 1.165) is 24.5 Å². The van der Waals surface area contributed by atoms with Crippen LogP contribution in [0.2, 0.25) is 0 Å². The third kappa shape index (κ3) is 2.56. The molecule has 15 heavy (non-hydrogen) atoms. The summed E-state index contributed by atoms with van der Waals surface area (Å²) in [5, 5.41) is 11.6. The molecule has 0 amide bonds. The van der Waals surface area contributed by atoms with Gasteiger partial charge >= 0.3 is 0 Å². The fraction of sp³-hybridized carbons (Fsp3) is 0.600. The second kappa shape index (κ2) is 4.44. The van der Waals surface area contributed by atoms with Crippen molar-refractivity contribution in [2.45, 2.75) is 18.8 Å². The van der Waals surface area contributed by atoms with Gasteiger partial charge in [-0.1, -0.05) is 0 Å². The highest BCUT2D eigenvalue weighted by atomic mass is 16.5. The van der Waals surface area contributed by atoms with E-state index in [0.29, 0.717) is 11.8 Å². The van der Waals surface area contributed by atoms with Crippen molar-refractivity contribution in [3.8, 4) is 5.88 Å². The van der Waals surface area contributed by atoms with Crippen LogP contribution in [-0.4, -0.2) is 35.3 Å². The Morgan fingerprint density at radius 1 is 1.53 bits per heavy atom. The van der Waals surface area contributed by atoms with E-state index in [1.165, 1.54) is 0 Å². The summed E-state index contributed by atoms with van der Waals surface area (Å²) in [4.78, 5) is 8.65. The van der Waals surface area contributed by atoms with Gasteiger partial charge in [-0.3, -0.25) is 0 Å².